The van der Waals surface area contributed by atoms with E-state index in [1.165, 1.54) is 5.56 Å². The average molecular weight is 285 g/mol. The largest absolute Gasteiger partial charge is 0.298 e. The van der Waals surface area contributed by atoms with Gasteiger partial charge in [0, 0.05) is 16.9 Å². The Labute approximate surface area is 123 Å². The third kappa shape index (κ3) is 2.42. The molecule has 0 radical (unpaired) electrons. The normalized spacial score (nSPS) is 15.3. The molecule has 1 aromatic heterocycles. The molecule has 1 heterocycles. The first kappa shape index (κ1) is 13.5. The fraction of sp³-hybridized carbons (Fsp3) is 0.412. The van der Waals surface area contributed by atoms with Gasteiger partial charge in [-0.15, -0.1) is 11.3 Å². The molecular formula is C17H19NOS. The lowest BCUT2D eigenvalue weighted by molar-refractivity contribution is -0.124. The molecule has 0 N–H and O–H groups in total. The molecule has 1 saturated carbocycles. The van der Waals surface area contributed by atoms with Crippen molar-refractivity contribution in [2.24, 2.45) is 5.92 Å². The van der Waals surface area contributed by atoms with Gasteiger partial charge in [-0.2, -0.15) is 0 Å². The number of Topliss-reactive ketones (excluding diaryl/α,β-unsaturated/α-hetero) is 1. The third-order valence-electron chi connectivity index (χ3n) is 3.95. The zero-order valence-electron chi connectivity index (χ0n) is 12.1. The van der Waals surface area contributed by atoms with Gasteiger partial charge >= 0.3 is 0 Å². The van der Waals surface area contributed by atoms with E-state index in [1.807, 2.05) is 13.8 Å². The molecule has 0 spiro atoms. The van der Waals surface area contributed by atoms with Crippen LogP contribution in [0.5, 0.6) is 0 Å². The molecule has 0 unspecified atom stereocenters. The van der Waals surface area contributed by atoms with Crippen molar-refractivity contribution in [2.75, 3.05) is 0 Å². The smallest absolute Gasteiger partial charge is 0.148 e. The van der Waals surface area contributed by atoms with Gasteiger partial charge in [0.2, 0.25) is 0 Å². The first-order chi connectivity index (χ1) is 9.48. The molecule has 3 heteroatoms. The van der Waals surface area contributed by atoms with Crippen molar-refractivity contribution in [3.05, 3.63) is 40.2 Å². The highest BCUT2D eigenvalue weighted by Crippen LogP contribution is 2.40. The van der Waals surface area contributed by atoms with E-state index in [0.717, 1.165) is 29.1 Å². The van der Waals surface area contributed by atoms with Gasteiger partial charge in [-0.25, -0.2) is 4.98 Å². The number of benzene rings is 1. The maximum absolute atomic E-state index is 12.4. The number of carbonyl (C=O) groups is 1. The second-order valence-corrected chi connectivity index (χ2v) is 7.03. The van der Waals surface area contributed by atoms with Crippen LogP contribution in [-0.2, 0) is 10.2 Å². The first-order valence-electron chi connectivity index (χ1n) is 7.06. The van der Waals surface area contributed by atoms with E-state index < -0.39 is 5.41 Å². The van der Waals surface area contributed by atoms with Gasteiger partial charge in [0.1, 0.15) is 10.8 Å². The Balaban J connectivity index is 1.89. The van der Waals surface area contributed by atoms with Gasteiger partial charge in [0.05, 0.1) is 11.1 Å². The summed E-state index contributed by atoms with van der Waals surface area (Å²) in [6.45, 7) is 6.09. The SMILES string of the molecule is Cc1ccc(-c2csc(C(C)(C)C(=O)C3CC3)n2)cc1. The lowest BCUT2D eigenvalue weighted by Gasteiger charge is -2.19. The van der Waals surface area contributed by atoms with Crippen LogP contribution in [0.2, 0.25) is 0 Å². The van der Waals surface area contributed by atoms with Crippen LogP contribution in [0.1, 0.15) is 37.3 Å². The molecule has 2 nitrogen and oxygen atoms in total. The van der Waals surface area contributed by atoms with Gasteiger partial charge in [0.15, 0.2) is 0 Å². The lowest BCUT2D eigenvalue weighted by atomic mass is 9.86. The summed E-state index contributed by atoms with van der Waals surface area (Å²) in [6.07, 6.45) is 2.11. The van der Waals surface area contributed by atoms with Crippen LogP contribution in [0.15, 0.2) is 29.6 Å². The van der Waals surface area contributed by atoms with E-state index >= 15 is 0 Å². The summed E-state index contributed by atoms with van der Waals surface area (Å²) in [5.74, 6) is 0.624. The average Bonchev–Trinajstić information content (AvgIpc) is 3.15. The summed E-state index contributed by atoms with van der Waals surface area (Å²) < 4.78 is 0. The van der Waals surface area contributed by atoms with E-state index in [-0.39, 0.29) is 5.92 Å². The first-order valence-corrected chi connectivity index (χ1v) is 7.94. The van der Waals surface area contributed by atoms with Crippen molar-refractivity contribution in [2.45, 2.75) is 39.0 Å². The summed E-state index contributed by atoms with van der Waals surface area (Å²) in [6, 6.07) is 8.36. The highest BCUT2D eigenvalue weighted by molar-refractivity contribution is 7.10. The Hall–Kier alpha value is -1.48. The monoisotopic (exact) mass is 285 g/mol. The molecule has 20 heavy (non-hydrogen) atoms. The lowest BCUT2D eigenvalue weighted by Crippen LogP contribution is -2.30. The highest BCUT2D eigenvalue weighted by Gasteiger charge is 2.42. The molecule has 0 aliphatic heterocycles. The minimum Gasteiger partial charge on any atom is -0.298 e. The quantitative estimate of drug-likeness (QED) is 0.834. The summed E-state index contributed by atoms with van der Waals surface area (Å²) in [5, 5.41) is 2.99. The zero-order chi connectivity index (χ0) is 14.3. The van der Waals surface area contributed by atoms with Gasteiger partial charge in [-0.05, 0) is 33.6 Å². The van der Waals surface area contributed by atoms with Crippen molar-refractivity contribution in [3.8, 4) is 11.3 Å². The minimum atomic E-state index is -0.450. The van der Waals surface area contributed by atoms with Crippen LogP contribution in [-0.4, -0.2) is 10.8 Å². The van der Waals surface area contributed by atoms with Crippen LogP contribution in [0.25, 0.3) is 11.3 Å². The standard InChI is InChI=1S/C17H19NOS/c1-11-4-6-12(7-5-11)14-10-20-16(18-14)17(2,3)15(19)13-8-9-13/h4-7,10,13H,8-9H2,1-3H3. The number of hydrogen-bond acceptors (Lipinski definition) is 3. The predicted molar refractivity (Wildman–Crippen MR) is 83.0 cm³/mol. The van der Waals surface area contributed by atoms with E-state index in [1.54, 1.807) is 11.3 Å². The number of aromatic nitrogens is 1. The number of rotatable bonds is 4. The molecular weight excluding hydrogens is 266 g/mol. The summed E-state index contributed by atoms with van der Waals surface area (Å²) in [7, 11) is 0. The van der Waals surface area contributed by atoms with E-state index in [4.69, 9.17) is 4.98 Å². The number of hydrogen-bond donors (Lipinski definition) is 0. The summed E-state index contributed by atoms with van der Waals surface area (Å²) in [4.78, 5) is 17.1. The molecule has 0 amide bonds. The van der Waals surface area contributed by atoms with Crippen molar-refractivity contribution < 1.29 is 4.79 Å². The second-order valence-electron chi connectivity index (χ2n) is 6.17. The maximum Gasteiger partial charge on any atom is 0.148 e. The zero-order valence-corrected chi connectivity index (χ0v) is 13.0. The Morgan fingerprint density at radius 3 is 2.50 bits per heavy atom. The molecule has 104 valence electrons. The number of nitrogens with zero attached hydrogens (tertiary/aromatic N) is 1. The molecule has 1 aliphatic rings. The van der Waals surface area contributed by atoms with Crippen LogP contribution in [0, 0.1) is 12.8 Å². The molecule has 3 rings (SSSR count). The molecule has 0 atom stereocenters. The van der Waals surface area contributed by atoms with Crippen LogP contribution in [0.3, 0.4) is 0 Å². The van der Waals surface area contributed by atoms with Gasteiger partial charge in [-0.1, -0.05) is 29.8 Å². The molecule has 1 aromatic carbocycles. The van der Waals surface area contributed by atoms with Crippen molar-refractivity contribution in [1.29, 1.82) is 0 Å². The van der Waals surface area contributed by atoms with Crippen molar-refractivity contribution >= 4 is 17.1 Å². The van der Waals surface area contributed by atoms with Crippen molar-refractivity contribution in [1.82, 2.24) is 4.98 Å². The molecule has 2 aromatic rings. The van der Waals surface area contributed by atoms with E-state index in [2.05, 4.69) is 36.6 Å². The van der Waals surface area contributed by atoms with Crippen LogP contribution < -0.4 is 0 Å². The maximum atomic E-state index is 12.4. The minimum absolute atomic E-state index is 0.275. The van der Waals surface area contributed by atoms with Gasteiger partial charge < -0.3 is 0 Å². The number of thiazole rings is 1. The van der Waals surface area contributed by atoms with Crippen LogP contribution >= 0.6 is 11.3 Å². The van der Waals surface area contributed by atoms with Crippen molar-refractivity contribution in [3.63, 3.8) is 0 Å². The second kappa shape index (κ2) is 4.81. The topological polar surface area (TPSA) is 30.0 Å². The van der Waals surface area contributed by atoms with Gasteiger partial charge in [0.25, 0.3) is 0 Å². The van der Waals surface area contributed by atoms with E-state index in [9.17, 15) is 4.79 Å². The Morgan fingerprint density at radius 2 is 1.90 bits per heavy atom. The van der Waals surface area contributed by atoms with E-state index in [0.29, 0.717) is 5.78 Å². The Kier molecular flexibility index (Phi) is 3.25. The predicted octanol–water partition coefficient (Wildman–Crippen LogP) is 4.38. The highest BCUT2D eigenvalue weighted by atomic mass is 32.1. The molecule has 0 bridgehead atoms. The molecule has 1 fully saturated rings. The summed E-state index contributed by atoms with van der Waals surface area (Å²) in [5.41, 5.74) is 2.89. The fourth-order valence-corrected chi connectivity index (χ4v) is 3.34. The summed E-state index contributed by atoms with van der Waals surface area (Å²) >= 11 is 1.60. The number of carbonyl (C=O) groups excluding carboxylic acids is 1. The third-order valence-corrected chi connectivity index (χ3v) is 5.12. The molecule has 1 aliphatic carbocycles. The van der Waals surface area contributed by atoms with Crippen LogP contribution in [0.4, 0.5) is 0 Å². The Bertz CT molecular complexity index is 635. The fourth-order valence-electron chi connectivity index (χ4n) is 2.38. The van der Waals surface area contributed by atoms with Gasteiger partial charge in [-0.3, -0.25) is 4.79 Å². The molecule has 0 saturated heterocycles. The number of aryl methyl sites for hydroxylation is 1. The Morgan fingerprint density at radius 1 is 1.25 bits per heavy atom. The number of ketones is 1.